The lowest BCUT2D eigenvalue weighted by atomic mass is 9.62. The Balaban J connectivity index is 1.42. The minimum Gasteiger partial charge on any atom is -0.359 e. The monoisotopic (exact) mass is 648 g/mol. The van der Waals surface area contributed by atoms with Crippen molar-refractivity contribution in [3.05, 3.63) is 43.6 Å². The first-order valence-corrected chi connectivity index (χ1v) is 14.9. The zero-order valence-electron chi connectivity index (χ0n) is 23.5. The molecule has 6 rings (SSSR count). The Morgan fingerprint density at radius 1 is 0.949 bits per heavy atom. The van der Waals surface area contributed by atoms with Crippen LogP contribution in [-0.2, 0) is 33.3 Å². The first-order chi connectivity index (χ1) is 18.5. The van der Waals surface area contributed by atoms with Crippen molar-refractivity contribution in [1.29, 1.82) is 0 Å². The number of halogens is 1. The molecule has 0 spiro atoms. The molecule has 0 radical (unpaired) electrons. The second-order valence-corrected chi connectivity index (χ2v) is 14.1. The summed E-state index contributed by atoms with van der Waals surface area (Å²) >= 11 is 2.09. The predicted molar refractivity (Wildman–Crippen MR) is 152 cm³/mol. The SMILES string of the molecule is COCO[C@H]1C(=O)C([C@](C)(C=O)CC2=C3C=C(I)C(=O)[C@H](OCOC)[C@@]3(C)[C@@H]3C[C@H]23)=CC2=C(C)[C@H]3C[C@H]3[C@@]21C. The maximum Gasteiger partial charge on any atom is 0.198 e. The third-order valence-electron chi connectivity index (χ3n) is 10.8. The van der Waals surface area contributed by atoms with Crippen molar-refractivity contribution >= 4 is 40.4 Å². The Morgan fingerprint density at radius 3 is 2.13 bits per heavy atom. The quantitative estimate of drug-likeness (QED) is 0.189. The third-order valence-corrected chi connectivity index (χ3v) is 11.7. The molecule has 0 aliphatic heterocycles. The number of rotatable bonds is 10. The van der Waals surface area contributed by atoms with Crippen molar-refractivity contribution in [3.63, 3.8) is 0 Å². The van der Waals surface area contributed by atoms with Crippen LogP contribution < -0.4 is 0 Å². The highest BCUT2D eigenvalue weighted by Gasteiger charge is 2.67. The Hall–Kier alpha value is -1.46. The van der Waals surface area contributed by atoms with Crippen LogP contribution >= 0.6 is 22.6 Å². The van der Waals surface area contributed by atoms with Crippen LogP contribution in [0.1, 0.15) is 47.0 Å². The topological polar surface area (TPSA) is 88.1 Å². The Labute approximate surface area is 243 Å². The zero-order valence-corrected chi connectivity index (χ0v) is 25.6. The fourth-order valence-corrected chi connectivity index (χ4v) is 9.19. The fourth-order valence-electron chi connectivity index (χ4n) is 8.60. The molecule has 7 nitrogen and oxygen atoms in total. The van der Waals surface area contributed by atoms with Crippen LogP contribution in [0.2, 0.25) is 0 Å². The number of aldehydes is 1. The predicted octanol–water partition coefficient (Wildman–Crippen LogP) is 4.90. The molecule has 0 N–H and O–H groups in total. The van der Waals surface area contributed by atoms with Gasteiger partial charge in [-0.05, 0) is 96.6 Å². The zero-order chi connectivity index (χ0) is 28.1. The normalized spacial score (nSPS) is 41.4. The fraction of sp³-hybridized carbons (Fsp3) is 0.645. The van der Waals surface area contributed by atoms with Gasteiger partial charge in [0.2, 0.25) is 0 Å². The summed E-state index contributed by atoms with van der Waals surface area (Å²) < 4.78 is 23.1. The van der Waals surface area contributed by atoms with Gasteiger partial charge >= 0.3 is 0 Å². The molecule has 0 aromatic rings. The Bertz CT molecular complexity index is 1290. The van der Waals surface area contributed by atoms with E-state index in [4.69, 9.17) is 18.9 Å². The number of carbonyl (C=O) groups excluding carboxylic acids is 3. The van der Waals surface area contributed by atoms with E-state index in [0.29, 0.717) is 27.4 Å². The van der Waals surface area contributed by atoms with Crippen molar-refractivity contribution < 1.29 is 33.3 Å². The Morgan fingerprint density at radius 2 is 1.51 bits per heavy atom. The van der Waals surface area contributed by atoms with Gasteiger partial charge < -0.3 is 23.7 Å². The van der Waals surface area contributed by atoms with E-state index >= 15 is 0 Å². The maximum absolute atomic E-state index is 14.2. The molecule has 2 saturated carbocycles. The minimum atomic E-state index is -1.03. The average Bonchev–Trinajstić information content (AvgIpc) is 3.82. The van der Waals surface area contributed by atoms with E-state index in [0.717, 1.165) is 30.3 Å². The number of carbonyl (C=O) groups is 3. The van der Waals surface area contributed by atoms with Gasteiger partial charge in [0.1, 0.15) is 32.1 Å². The van der Waals surface area contributed by atoms with E-state index in [1.165, 1.54) is 11.1 Å². The molecule has 0 bridgehead atoms. The first-order valence-electron chi connectivity index (χ1n) is 13.8. The first kappa shape index (κ1) is 27.7. The highest BCUT2D eigenvalue weighted by molar-refractivity contribution is 14.1. The van der Waals surface area contributed by atoms with Crippen LogP contribution in [0.15, 0.2) is 43.6 Å². The number of Topliss-reactive ketones (excluding diaryl/α,β-unsaturated/α-hetero) is 2. The molecule has 8 heteroatoms. The van der Waals surface area contributed by atoms with Crippen LogP contribution in [0.4, 0.5) is 0 Å². The van der Waals surface area contributed by atoms with E-state index in [1.54, 1.807) is 14.2 Å². The summed E-state index contributed by atoms with van der Waals surface area (Å²) in [6.07, 6.45) is 6.10. The van der Waals surface area contributed by atoms with Gasteiger partial charge in [0.25, 0.3) is 0 Å². The number of ether oxygens (including phenoxy) is 4. The van der Waals surface area contributed by atoms with Gasteiger partial charge in [-0.15, -0.1) is 0 Å². The minimum absolute atomic E-state index is 0.0197. The molecule has 0 aromatic heterocycles. The summed E-state index contributed by atoms with van der Waals surface area (Å²) in [5.41, 5.74) is 3.32. The van der Waals surface area contributed by atoms with Gasteiger partial charge in [-0.1, -0.05) is 31.1 Å². The number of hydrogen-bond acceptors (Lipinski definition) is 7. The smallest absolute Gasteiger partial charge is 0.198 e. The molecule has 0 saturated heterocycles. The summed E-state index contributed by atoms with van der Waals surface area (Å²) in [6.45, 7) is 8.36. The van der Waals surface area contributed by atoms with Gasteiger partial charge in [0.15, 0.2) is 11.6 Å². The number of allylic oxidation sites excluding steroid dienone is 4. The Kier molecular flexibility index (Phi) is 6.59. The van der Waals surface area contributed by atoms with Crippen LogP contribution in [0.5, 0.6) is 0 Å². The maximum atomic E-state index is 14.2. The number of ketones is 2. The second kappa shape index (κ2) is 9.28. The summed E-state index contributed by atoms with van der Waals surface area (Å²) in [4.78, 5) is 40.4. The highest BCUT2D eigenvalue weighted by atomic mass is 127. The molecular weight excluding hydrogens is 611 g/mol. The lowest BCUT2D eigenvalue weighted by Crippen LogP contribution is -2.49. The molecule has 0 unspecified atom stereocenters. The molecular formula is C31H37IO7. The largest absolute Gasteiger partial charge is 0.359 e. The second-order valence-electron chi connectivity index (χ2n) is 12.9. The highest BCUT2D eigenvalue weighted by Crippen LogP contribution is 2.71. The van der Waals surface area contributed by atoms with E-state index < -0.39 is 28.5 Å². The van der Waals surface area contributed by atoms with E-state index in [1.807, 2.05) is 19.1 Å². The van der Waals surface area contributed by atoms with Gasteiger partial charge in [0, 0.05) is 30.6 Å². The lowest BCUT2D eigenvalue weighted by Gasteiger charge is -2.43. The van der Waals surface area contributed by atoms with Gasteiger partial charge in [-0.25, -0.2) is 0 Å². The summed E-state index contributed by atoms with van der Waals surface area (Å²) in [5.74, 6) is 1.28. The van der Waals surface area contributed by atoms with Crippen LogP contribution in [0.3, 0.4) is 0 Å². The molecule has 0 amide bonds. The molecule has 0 aromatic carbocycles. The van der Waals surface area contributed by atoms with E-state index in [2.05, 4.69) is 43.4 Å². The van der Waals surface area contributed by atoms with Crippen molar-refractivity contribution in [1.82, 2.24) is 0 Å². The molecule has 39 heavy (non-hydrogen) atoms. The summed E-state index contributed by atoms with van der Waals surface area (Å²) in [7, 11) is 3.11. The summed E-state index contributed by atoms with van der Waals surface area (Å²) in [6, 6.07) is 0. The van der Waals surface area contributed by atoms with E-state index in [9.17, 15) is 14.4 Å². The standard InChI is InChI=1S/C31H37IO7/c1-15-16-7-20(16)30(3)19(15)9-23(25(34)27(30)38-13-36-5)29(2,12-33)11-18-17-8-21(17)31(4)22(18)10-24(32)26(35)28(31)39-14-37-6/h9-10,12,16-17,20-21,27-28H,7-8,11,13-14H2,1-6H3/t16-,17-,20-,21-,27+,28+,29+,30-,31+/m1/s1. The van der Waals surface area contributed by atoms with Gasteiger partial charge in [-0.3, -0.25) is 9.59 Å². The molecule has 2 fully saturated rings. The number of methoxy groups -OCH3 is 2. The van der Waals surface area contributed by atoms with Crippen LogP contribution in [0.25, 0.3) is 0 Å². The van der Waals surface area contributed by atoms with Crippen molar-refractivity contribution in [2.75, 3.05) is 27.8 Å². The summed E-state index contributed by atoms with van der Waals surface area (Å²) in [5, 5.41) is 0. The van der Waals surface area contributed by atoms with E-state index in [-0.39, 0.29) is 37.0 Å². The van der Waals surface area contributed by atoms with Gasteiger partial charge in [0.05, 0.1) is 8.99 Å². The van der Waals surface area contributed by atoms with Crippen molar-refractivity contribution in [2.45, 2.75) is 59.2 Å². The molecule has 6 aliphatic carbocycles. The molecule has 9 atom stereocenters. The lowest BCUT2D eigenvalue weighted by molar-refractivity contribution is -0.151. The number of hydrogen-bond donors (Lipinski definition) is 0. The van der Waals surface area contributed by atoms with Crippen molar-refractivity contribution in [2.24, 2.45) is 39.9 Å². The number of fused-ring (bicyclic) bond motifs is 6. The molecule has 0 heterocycles. The average molecular weight is 649 g/mol. The molecule has 210 valence electrons. The van der Waals surface area contributed by atoms with Crippen LogP contribution in [-0.4, -0.2) is 57.9 Å². The van der Waals surface area contributed by atoms with Crippen LogP contribution in [0, 0.1) is 39.9 Å². The third kappa shape index (κ3) is 3.70. The van der Waals surface area contributed by atoms with Crippen molar-refractivity contribution in [3.8, 4) is 0 Å². The van der Waals surface area contributed by atoms with Gasteiger partial charge in [-0.2, -0.15) is 0 Å². The molecule has 6 aliphatic rings.